The van der Waals surface area contributed by atoms with Crippen molar-refractivity contribution in [2.45, 2.75) is 12.5 Å². The molecule has 0 aliphatic heterocycles. The van der Waals surface area contributed by atoms with Gasteiger partial charge in [-0.15, -0.1) is 0 Å². The molecule has 1 atom stereocenters. The normalized spacial score (nSPS) is 13.1. The second-order valence-electron chi connectivity index (χ2n) is 1.79. The lowest BCUT2D eigenvalue weighted by molar-refractivity contribution is 0.0862. The summed E-state index contributed by atoms with van der Waals surface area (Å²) in [4.78, 5) is 0. The first-order valence-electron chi connectivity index (χ1n) is 2.58. The van der Waals surface area contributed by atoms with Gasteiger partial charge in [-0.3, -0.25) is 0 Å². The van der Waals surface area contributed by atoms with E-state index in [1.54, 1.807) is 5.48 Å². The largest absolute Gasteiger partial charge is 0.513 e. The van der Waals surface area contributed by atoms with Crippen LogP contribution in [0.1, 0.15) is 6.42 Å². The first kappa shape index (κ1) is 8.42. The van der Waals surface area contributed by atoms with Gasteiger partial charge in [0.15, 0.2) is 0 Å². The number of hydrogen-bond acceptors (Lipinski definition) is 4. The van der Waals surface area contributed by atoms with E-state index < -0.39 is 6.10 Å². The van der Waals surface area contributed by atoms with Gasteiger partial charge in [-0.05, 0) is 0 Å². The summed E-state index contributed by atoms with van der Waals surface area (Å²) in [5.74, 6) is -0.0854. The fraction of sp³-hybridized carbons (Fsp3) is 0.600. The summed E-state index contributed by atoms with van der Waals surface area (Å²) in [6.45, 7) is 3.20. The summed E-state index contributed by atoms with van der Waals surface area (Å²) in [5.41, 5.74) is 1.77. The molecule has 0 aliphatic rings. The van der Waals surface area contributed by atoms with Crippen LogP contribution in [0.3, 0.4) is 0 Å². The van der Waals surface area contributed by atoms with Crippen molar-refractivity contribution in [2.75, 3.05) is 6.54 Å². The Morgan fingerprint density at radius 1 is 1.67 bits per heavy atom. The van der Waals surface area contributed by atoms with E-state index in [1.807, 2.05) is 0 Å². The fourth-order valence-electron chi connectivity index (χ4n) is 0.450. The molecule has 9 heavy (non-hydrogen) atoms. The number of rotatable bonds is 4. The van der Waals surface area contributed by atoms with Crippen molar-refractivity contribution in [1.82, 2.24) is 5.48 Å². The van der Waals surface area contributed by atoms with E-state index in [0.717, 1.165) is 0 Å². The lowest BCUT2D eigenvalue weighted by Gasteiger charge is -2.06. The molecule has 0 radical (unpaired) electrons. The summed E-state index contributed by atoms with van der Waals surface area (Å²) in [6.07, 6.45) is -0.680. The predicted octanol–water partition coefficient (Wildman–Crippen LogP) is -0.212. The first-order valence-corrected chi connectivity index (χ1v) is 2.58. The molecule has 0 aromatic rings. The van der Waals surface area contributed by atoms with E-state index in [4.69, 9.17) is 15.4 Å². The lowest BCUT2D eigenvalue weighted by atomic mass is 10.2. The summed E-state index contributed by atoms with van der Waals surface area (Å²) >= 11 is 0. The highest BCUT2D eigenvalue weighted by Gasteiger charge is 2.02. The van der Waals surface area contributed by atoms with Crippen LogP contribution >= 0.6 is 0 Å². The summed E-state index contributed by atoms with van der Waals surface area (Å²) < 4.78 is 0. The molecule has 0 aromatic carbocycles. The van der Waals surface area contributed by atoms with Gasteiger partial charge in [0.25, 0.3) is 0 Å². The predicted molar refractivity (Wildman–Crippen MR) is 32.2 cm³/mol. The zero-order valence-electron chi connectivity index (χ0n) is 5.04. The maximum absolute atomic E-state index is 8.78. The molecule has 0 heterocycles. The van der Waals surface area contributed by atoms with Crippen LogP contribution in [0.4, 0.5) is 0 Å². The molecule has 4 nitrogen and oxygen atoms in total. The topological polar surface area (TPSA) is 72.7 Å². The molecule has 0 saturated carbocycles. The maximum atomic E-state index is 8.78. The Morgan fingerprint density at radius 2 is 2.22 bits per heavy atom. The quantitative estimate of drug-likeness (QED) is 0.316. The molecule has 0 bridgehead atoms. The summed E-state index contributed by atoms with van der Waals surface area (Å²) in [6, 6.07) is 0. The molecule has 0 spiro atoms. The smallest absolute Gasteiger partial charge is 0.0877 e. The Labute approximate surface area is 53.4 Å². The third-order valence-electron chi connectivity index (χ3n) is 0.798. The molecule has 4 heteroatoms. The highest BCUT2D eigenvalue weighted by Crippen LogP contribution is 1.96. The highest BCUT2D eigenvalue weighted by atomic mass is 16.5. The highest BCUT2D eigenvalue weighted by molar-refractivity contribution is 4.82. The minimum atomic E-state index is -0.771. The molecule has 0 saturated heterocycles. The van der Waals surface area contributed by atoms with Gasteiger partial charge in [0, 0.05) is 13.0 Å². The van der Waals surface area contributed by atoms with E-state index in [1.165, 1.54) is 0 Å². The Hall–Kier alpha value is -0.580. The molecule has 0 aliphatic carbocycles. The molecule has 0 aromatic heterocycles. The molecule has 0 rings (SSSR count). The van der Waals surface area contributed by atoms with E-state index in [9.17, 15) is 0 Å². The molecule has 0 amide bonds. The number of hydrogen-bond donors (Lipinski definition) is 4. The van der Waals surface area contributed by atoms with Crippen molar-refractivity contribution in [2.24, 2.45) is 0 Å². The number of hydroxylamine groups is 1. The van der Waals surface area contributed by atoms with Crippen LogP contribution in [0, 0.1) is 0 Å². The molecular weight excluding hydrogens is 122 g/mol. The Balaban J connectivity index is 3.26. The monoisotopic (exact) mass is 133 g/mol. The fourth-order valence-corrected chi connectivity index (χ4v) is 0.450. The molecule has 4 N–H and O–H groups in total. The average Bonchev–Trinajstić information content (AvgIpc) is 1.63. The molecule has 0 fully saturated rings. The molecular formula is C5H11NO3. The number of aliphatic hydroxyl groups is 2. The van der Waals surface area contributed by atoms with Gasteiger partial charge in [-0.2, -0.15) is 0 Å². The van der Waals surface area contributed by atoms with Gasteiger partial charge in [0.1, 0.15) is 0 Å². The second-order valence-corrected chi connectivity index (χ2v) is 1.79. The Kier molecular flexibility index (Phi) is 4.04. The Bertz CT molecular complexity index is 94.2. The molecule has 54 valence electrons. The first-order chi connectivity index (χ1) is 4.16. The van der Waals surface area contributed by atoms with Gasteiger partial charge in [0.05, 0.1) is 11.9 Å². The van der Waals surface area contributed by atoms with E-state index in [0.29, 0.717) is 0 Å². The van der Waals surface area contributed by atoms with Crippen LogP contribution in [0.15, 0.2) is 12.3 Å². The summed E-state index contributed by atoms with van der Waals surface area (Å²) in [7, 11) is 0. The van der Waals surface area contributed by atoms with Gasteiger partial charge in [0.2, 0.25) is 0 Å². The van der Waals surface area contributed by atoms with E-state index in [2.05, 4.69) is 6.58 Å². The summed E-state index contributed by atoms with van der Waals surface area (Å²) in [5, 5.41) is 25.3. The lowest BCUT2D eigenvalue weighted by Crippen LogP contribution is -2.24. The zero-order chi connectivity index (χ0) is 7.28. The van der Waals surface area contributed by atoms with Crippen molar-refractivity contribution < 1.29 is 15.4 Å². The third kappa shape index (κ3) is 5.29. The van der Waals surface area contributed by atoms with Crippen LogP contribution in [-0.4, -0.2) is 28.1 Å². The van der Waals surface area contributed by atoms with Gasteiger partial charge < -0.3 is 15.4 Å². The average molecular weight is 133 g/mol. The van der Waals surface area contributed by atoms with Gasteiger partial charge in [-0.1, -0.05) is 6.58 Å². The second kappa shape index (κ2) is 4.31. The van der Waals surface area contributed by atoms with Crippen LogP contribution in [-0.2, 0) is 0 Å². The maximum Gasteiger partial charge on any atom is 0.0877 e. The van der Waals surface area contributed by atoms with Crippen LogP contribution < -0.4 is 5.48 Å². The van der Waals surface area contributed by atoms with E-state index in [-0.39, 0.29) is 18.7 Å². The number of aliphatic hydroxyl groups excluding tert-OH is 2. The van der Waals surface area contributed by atoms with Crippen molar-refractivity contribution in [3.63, 3.8) is 0 Å². The zero-order valence-corrected chi connectivity index (χ0v) is 5.04. The molecule has 0 unspecified atom stereocenters. The number of nitrogens with one attached hydrogen (secondary N) is 1. The Morgan fingerprint density at radius 3 is 2.56 bits per heavy atom. The third-order valence-corrected chi connectivity index (χ3v) is 0.798. The minimum Gasteiger partial charge on any atom is -0.513 e. The minimum absolute atomic E-state index is 0.0413. The van der Waals surface area contributed by atoms with Crippen molar-refractivity contribution >= 4 is 0 Å². The van der Waals surface area contributed by atoms with Gasteiger partial charge in [-0.25, -0.2) is 5.48 Å². The standard InChI is InChI=1S/C5H11NO3/c1-4(7)2-5(8)3-6-9/h5-9H,1-3H2/t5-/m0/s1. The van der Waals surface area contributed by atoms with Crippen LogP contribution in [0.2, 0.25) is 0 Å². The van der Waals surface area contributed by atoms with Crippen molar-refractivity contribution in [1.29, 1.82) is 0 Å². The van der Waals surface area contributed by atoms with Crippen LogP contribution in [0.25, 0.3) is 0 Å². The van der Waals surface area contributed by atoms with Crippen LogP contribution in [0.5, 0.6) is 0 Å². The SMILES string of the molecule is C=C(O)C[C@H](O)CNO. The van der Waals surface area contributed by atoms with E-state index >= 15 is 0 Å². The van der Waals surface area contributed by atoms with Crippen molar-refractivity contribution in [3.8, 4) is 0 Å². The van der Waals surface area contributed by atoms with Crippen molar-refractivity contribution in [3.05, 3.63) is 12.3 Å². The van der Waals surface area contributed by atoms with Gasteiger partial charge >= 0.3 is 0 Å².